The first kappa shape index (κ1) is 13.4. The standard InChI is InChI=1S/C14H18ClNO2/c1-16-7-3-2-4-12(16)10-18-14-6-5-11(9-17)8-13(14)15/h5-6,8-9,12H,2-4,7,10H2,1H3. The summed E-state index contributed by atoms with van der Waals surface area (Å²) in [5.41, 5.74) is 0.571. The number of benzene rings is 1. The van der Waals surface area contributed by atoms with Crippen LogP contribution in [-0.2, 0) is 0 Å². The van der Waals surface area contributed by atoms with Crippen molar-refractivity contribution in [1.29, 1.82) is 0 Å². The molecule has 0 saturated carbocycles. The fraction of sp³-hybridized carbons (Fsp3) is 0.500. The van der Waals surface area contributed by atoms with Gasteiger partial charge in [-0.15, -0.1) is 0 Å². The molecule has 0 aromatic heterocycles. The number of carbonyl (C=O) groups excluding carboxylic acids is 1. The van der Waals surface area contributed by atoms with Crippen LogP contribution in [0.2, 0.25) is 5.02 Å². The zero-order valence-electron chi connectivity index (χ0n) is 10.6. The maximum absolute atomic E-state index is 10.6. The number of carbonyl (C=O) groups is 1. The summed E-state index contributed by atoms with van der Waals surface area (Å²) in [4.78, 5) is 12.9. The quantitative estimate of drug-likeness (QED) is 0.786. The van der Waals surface area contributed by atoms with Crippen LogP contribution in [0.5, 0.6) is 5.75 Å². The lowest BCUT2D eigenvalue weighted by Gasteiger charge is -2.32. The van der Waals surface area contributed by atoms with Crippen LogP contribution in [0, 0.1) is 0 Å². The molecule has 0 aliphatic carbocycles. The summed E-state index contributed by atoms with van der Waals surface area (Å²) in [6, 6.07) is 5.57. The van der Waals surface area contributed by atoms with E-state index in [1.54, 1.807) is 18.2 Å². The number of likely N-dealkylation sites (N-methyl/N-ethyl adjacent to an activating group) is 1. The molecule has 1 heterocycles. The topological polar surface area (TPSA) is 29.5 Å². The first-order chi connectivity index (χ1) is 8.70. The molecule has 4 heteroatoms. The number of halogens is 1. The third kappa shape index (κ3) is 3.24. The summed E-state index contributed by atoms with van der Waals surface area (Å²) in [6.45, 7) is 1.78. The second kappa shape index (κ2) is 6.21. The summed E-state index contributed by atoms with van der Waals surface area (Å²) in [6.07, 6.45) is 4.48. The van der Waals surface area contributed by atoms with E-state index in [0.717, 1.165) is 12.8 Å². The zero-order chi connectivity index (χ0) is 13.0. The molecule has 0 bridgehead atoms. The van der Waals surface area contributed by atoms with E-state index in [9.17, 15) is 4.79 Å². The van der Waals surface area contributed by atoms with Gasteiger partial charge in [-0.2, -0.15) is 0 Å². The molecule has 1 aromatic carbocycles. The maximum atomic E-state index is 10.6. The molecule has 1 aromatic rings. The highest BCUT2D eigenvalue weighted by Crippen LogP contribution is 2.26. The Balaban J connectivity index is 1.95. The van der Waals surface area contributed by atoms with Crippen LogP contribution in [0.25, 0.3) is 0 Å². The van der Waals surface area contributed by atoms with Crippen LogP contribution in [0.1, 0.15) is 29.6 Å². The first-order valence-electron chi connectivity index (χ1n) is 6.28. The van der Waals surface area contributed by atoms with Gasteiger partial charge in [-0.05, 0) is 44.6 Å². The third-order valence-corrected chi connectivity index (χ3v) is 3.74. The van der Waals surface area contributed by atoms with Gasteiger partial charge in [0.05, 0.1) is 5.02 Å². The van der Waals surface area contributed by atoms with E-state index < -0.39 is 0 Å². The molecule has 1 unspecified atom stereocenters. The molecule has 1 atom stereocenters. The molecule has 0 N–H and O–H groups in total. The second-order valence-corrected chi connectivity index (χ2v) is 5.16. The zero-order valence-corrected chi connectivity index (χ0v) is 11.3. The molecule has 3 nitrogen and oxygen atoms in total. The summed E-state index contributed by atoms with van der Waals surface area (Å²) in [5, 5.41) is 0.498. The average molecular weight is 268 g/mol. The number of likely N-dealkylation sites (tertiary alicyclic amines) is 1. The highest BCUT2D eigenvalue weighted by molar-refractivity contribution is 6.32. The van der Waals surface area contributed by atoms with Crippen molar-refractivity contribution in [1.82, 2.24) is 4.90 Å². The van der Waals surface area contributed by atoms with Gasteiger partial charge in [-0.3, -0.25) is 4.79 Å². The number of ether oxygens (including phenoxy) is 1. The minimum atomic E-state index is 0.459. The molecule has 1 aliphatic heterocycles. The van der Waals surface area contributed by atoms with Gasteiger partial charge < -0.3 is 9.64 Å². The van der Waals surface area contributed by atoms with Gasteiger partial charge in [0.1, 0.15) is 18.6 Å². The molecular weight excluding hydrogens is 250 g/mol. The normalized spacial score (nSPS) is 20.7. The molecular formula is C14H18ClNO2. The smallest absolute Gasteiger partial charge is 0.150 e. The van der Waals surface area contributed by atoms with Gasteiger partial charge in [0.25, 0.3) is 0 Å². The number of piperidine rings is 1. The van der Waals surface area contributed by atoms with E-state index in [1.165, 1.54) is 19.3 Å². The van der Waals surface area contributed by atoms with Gasteiger partial charge >= 0.3 is 0 Å². The highest BCUT2D eigenvalue weighted by Gasteiger charge is 2.19. The minimum Gasteiger partial charge on any atom is -0.490 e. The van der Waals surface area contributed by atoms with Gasteiger partial charge in [-0.1, -0.05) is 18.0 Å². The number of aldehydes is 1. The van der Waals surface area contributed by atoms with Crippen LogP contribution in [0.3, 0.4) is 0 Å². The van der Waals surface area contributed by atoms with Crippen molar-refractivity contribution in [2.45, 2.75) is 25.3 Å². The molecule has 2 rings (SSSR count). The van der Waals surface area contributed by atoms with Crippen LogP contribution < -0.4 is 4.74 Å². The molecule has 18 heavy (non-hydrogen) atoms. The fourth-order valence-corrected chi connectivity index (χ4v) is 2.49. The molecule has 0 amide bonds. The van der Waals surface area contributed by atoms with Crippen molar-refractivity contribution in [3.63, 3.8) is 0 Å². The van der Waals surface area contributed by atoms with Crippen LogP contribution >= 0.6 is 11.6 Å². The van der Waals surface area contributed by atoms with Crippen LogP contribution in [0.4, 0.5) is 0 Å². The Labute approximate surface area is 113 Å². The van der Waals surface area contributed by atoms with Crippen molar-refractivity contribution < 1.29 is 9.53 Å². The summed E-state index contributed by atoms with van der Waals surface area (Å²) in [7, 11) is 2.13. The van der Waals surface area contributed by atoms with Crippen LogP contribution in [-0.4, -0.2) is 37.4 Å². The predicted molar refractivity (Wildman–Crippen MR) is 72.6 cm³/mol. The van der Waals surface area contributed by atoms with Gasteiger partial charge in [0, 0.05) is 11.6 Å². The van der Waals surface area contributed by atoms with Gasteiger partial charge in [0.2, 0.25) is 0 Å². The fourth-order valence-electron chi connectivity index (χ4n) is 2.25. The van der Waals surface area contributed by atoms with Crippen LogP contribution in [0.15, 0.2) is 18.2 Å². The summed E-state index contributed by atoms with van der Waals surface area (Å²) >= 11 is 6.06. The van der Waals surface area contributed by atoms with Gasteiger partial charge in [0.15, 0.2) is 0 Å². The van der Waals surface area contributed by atoms with E-state index in [4.69, 9.17) is 16.3 Å². The van der Waals surface area contributed by atoms with E-state index in [2.05, 4.69) is 11.9 Å². The minimum absolute atomic E-state index is 0.459. The van der Waals surface area contributed by atoms with E-state index >= 15 is 0 Å². The number of hydrogen-bond donors (Lipinski definition) is 0. The molecule has 98 valence electrons. The molecule has 1 fully saturated rings. The lowest BCUT2D eigenvalue weighted by Crippen LogP contribution is -2.40. The number of hydrogen-bond acceptors (Lipinski definition) is 3. The highest BCUT2D eigenvalue weighted by atomic mass is 35.5. The lowest BCUT2D eigenvalue weighted by molar-refractivity contribution is 0.112. The lowest BCUT2D eigenvalue weighted by atomic mass is 10.0. The predicted octanol–water partition coefficient (Wildman–Crippen LogP) is 3.02. The van der Waals surface area contributed by atoms with Crippen molar-refractivity contribution in [3.05, 3.63) is 28.8 Å². The Bertz CT molecular complexity index is 422. The van der Waals surface area contributed by atoms with Crippen molar-refractivity contribution in [2.24, 2.45) is 0 Å². The Morgan fingerprint density at radius 2 is 2.33 bits per heavy atom. The first-order valence-corrected chi connectivity index (χ1v) is 6.66. The van der Waals surface area contributed by atoms with Crippen molar-refractivity contribution in [3.8, 4) is 5.75 Å². The van der Waals surface area contributed by atoms with Crippen molar-refractivity contribution in [2.75, 3.05) is 20.2 Å². The van der Waals surface area contributed by atoms with Gasteiger partial charge in [-0.25, -0.2) is 0 Å². The SMILES string of the molecule is CN1CCCCC1COc1ccc(C=O)cc1Cl. The molecule has 0 radical (unpaired) electrons. The Morgan fingerprint density at radius 3 is 3.00 bits per heavy atom. The largest absolute Gasteiger partial charge is 0.490 e. The average Bonchev–Trinajstić information content (AvgIpc) is 2.39. The molecule has 0 spiro atoms. The number of rotatable bonds is 4. The monoisotopic (exact) mass is 267 g/mol. The Morgan fingerprint density at radius 1 is 1.50 bits per heavy atom. The Kier molecular flexibility index (Phi) is 4.61. The summed E-state index contributed by atoms with van der Waals surface area (Å²) in [5.74, 6) is 0.654. The third-order valence-electron chi connectivity index (χ3n) is 3.44. The summed E-state index contributed by atoms with van der Waals surface area (Å²) < 4.78 is 5.76. The van der Waals surface area contributed by atoms with Crippen molar-refractivity contribution >= 4 is 17.9 Å². The van der Waals surface area contributed by atoms with E-state index in [0.29, 0.717) is 29.0 Å². The number of nitrogens with zero attached hydrogens (tertiary/aromatic N) is 1. The maximum Gasteiger partial charge on any atom is 0.150 e. The Hall–Kier alpha value is -1.06. The second-order valence-electron chi connectivity index (χ2n) is 4.75. The van der Waals surface area contributed by atoms with E-state index in [1.807, 2.05) is 0 Å². The molecule has 1 saturated heterocycles. The van der Waals surface area contributed by atoms with E-state index in [-0.39, 0.29) is 0 Å². The molecule has 1 aliphatic rings.